The van der Waals surface area contributed by atoms with Crippen LogP contribution < -0.4 is 24.8 Å². The molecule has 0 spiro atoms. The topological polar surface area (TPSA) is 171 Å². The molecule has 0 unspecified atom stereocenters. The van der Waals surface area contributed by atoms with Crippen molar-refractivity contribution in [1.29, 1.82) is 0 Å². The van der Waals surface area contributed by atoms with Crippen LogP contribution in [0.3, 0.4) is 0 Å². The zero-order valence-corrected chi connectivity index (χ0v) is 29.9. The van der Waals surface area contributed by atoms with E-state index in [2.05, 4.69) is 25.4 Å². The summed E-state index contributed by atoms with van der Waals surface area (Å²) >= 11 is 0. The molecule has 1 aromatic carbocycles. The fourth-order valence-corrected chi connectivity index (χ4v) is 8.01. The Morgan fingerprint density at radius 1 is 1.14 bits per heavy atom. The number of rotatable bonds is 10. The number of hydrogen-bond donors (Lipinski definition) is 3. The molecule has 0 radical (unpaired) electrons. The summed E-state index contributed by atoms with van der Waals surface area (Å²) < 4.78 is 56.4. The minimum absolute atomic E-state index is 0.00474. The van der Waals surface area contributed by atoms with Gasteiger partial charge in [-0.1, -0.05) is 38.8 Å². The number of amides is 3. The number of allylic oxidation sites excluding steroid dienone is 1. The summed E-state index contributed by atoms with van der Waals surface area (Å²) in [5.74, 6) is -2.08. The Kier molecular flexibility index (Phi) is 10.7. The fourth-order valence-electron chi connectivity index (χ4n) is 6.44. The highest BCUT2D eigenvalue weighted by Gasteiger charge is 2.61. The molecule has 3 heterocycles. The molecular weight excluding hydrogens is 679 g/mol. The third-order valence-electron chi connectivity index (χ3n) is 9.94. The van der Waals surface area contributed by atoms with Crippen molar-refractivity contribution in [2.45, 2.75) is 101 Å². The van der Waals surface area contributed by atoms with Crippen molar-refractivity contribution >= 4 is 38.6 Å². The first-order valence-electron chi connectivity index (χ1n) is 17.6. The van der Waals surface area contributed by atoms with E-state index in [1.54, 1.807) is 18.3 Å². The van der Waals surface area contributed by atoms with Crippen molar-refractivity contribution in [3.8, 4) is 17.3 Å². The van der Waals surface area contributed by atoms with E-state index in [1.165, 1.54) is 17.9 Å². The van der Waals surface area contributed by atoms with E-state index < -0.39 is 50.4 Å². The maximum Gasteiger partial charge on any atom is 0.259 e. The molecule has 3 atom stereocenters. The lowest BCUT2D eigenvalue weighted by molar-refractivity contribution is -0.132. The van der Waals surface area contributed by atoms with Crippen molar-refractivity contribution in [2.75, 3.05) is 13.7 Å². The van der Waals surface area contributed by atoms with Gasteiger partial charge in [0.25, 0.3) is 5.91 Å². The van der Waals surface area contributed by atoms with Crippen molar-refractivity contribution in [1.82, 2.24) is 30.1 Å². The molecule has 3 aliphatic rings. The van der Waals surface area contributed by atoms with Gasteiger partial charge in [-0.25, -0.2) is 22.5 Å². The Hall–Kier alpha value is -4.53. The van der Waals surface area contributed by atoms with E-state index in [0.717, 1.165) is 31.4 Å². The number of methoxy groups -OCH3 is 1. The Morgan fingerprint density at radius 3 is 2.65 bits per heavy atom. The van der Waals surface area contributed by atoms with Gasteiger partial charge in [0.2, 0.25) is 21.8 Å². The van der Waals surface area contributed by atoms with Crippen LogP contribution in [0.15, 0.2) is 42.6 Å². The molecule has 0 bridgehead atoms. The molecule has 274 valence electrons. The highest BCUT2D eigenvalue weighted by molar-refractivity contribution is 7.90. The molecule has 3 aromatic rings. The van der Waals surface area contributed by atoms with Gasteiger partial charge in [-0.05, 0) is 62.6 Å². The van der Waals surface area contributed by atoms with E-state index in [0.29, 0.717) is 30.5 Å². The first-order valence-corrected chi connectivity index (χ1v) is 19.2. The lowest BCUT2D eigenvalue weighted by Gasteiger charge is -2.28. The summed E-state index contributed by atoms with van der Waals surface area (Å²) in [7, 11) is -2.53. The van der Waals surface area contributed by atoms with Gasteiger partial charge in [0.05, 0.1) is 24.7 Å². The van der Waals surface area contributed by atoms with Gasteiger partial charge >= 0.3 is 0 Å². The van der Waals surface area contributed by atoms with Crippen LogP contribution in [0.1, 0.15) is 89.7 Å². The zero-order chi connectivity index (χ0) is 36.3. The summed E-state index contributed by atoms with van der Waals surface area (Å²) in [6.45, 7) is 3.93. The highest BCUT2D eigenvalue weighted by atomic mass is 32.2. The SMILES string of the molecule is COc1ccc2c(OCC[C@@H]3NC(=O)CCCCC/C=C\[C@@H]4C[C@@]4(C(=O)NS(=O)(=O)C4CCC4)NC3=O)cc(-n3ccc(C(C)C)n3)nc2c1F. The van der Waals surface area contributed by atoms with E-state index in [4.69, 9.17) is 9.47 Å². The molecule has 13 nitrogen and oxygen atoms in total. The van der Waals surface area contributed by atoms with E-state index in [9.17, 15) is 22.8 Å². The number of halogens is 1. The average molecular weight is 725 g/mol. The summed E-state index contributed by atoms with van der Waals surface area (Å²) in [5, 5.41) is 9.91. The van der Waals surface area contributed by atoms with Crippen molar-refractivity contribution in [3.63, 3.8) is 0 Å². The maximum atomic E-state index is 15.5. The molecule has 2 fully saturated rings. The molecule has 2 saturated carbocycles. The molecule has 2 aliphatic carbocycles. The van der Waals surface area contributed by atoms with Crippen LogP contribution in [0.25, 0.3) is 16.7 Å². The number of sulfonamides is 1. The van der Waals surface area contributed by atoms with Gasteiger partial charge in [0, 0.05) is 36.4 Å². The Labute approximate surface area is 296 Å². The molecule has 3 amide bonds. The number of hydrogen-bond acceptors (Lipinski definition) is 9. The van der Waals surface area contributed by atoms with Crippen LogP contribution in [0, 0.1) is 11.7 Å². The average Bonchev–Trinajstić information content (AvgIpc) is 3.51. The van der Waals surface area contributed by atoms with Crippen LogP contribution in [0.5, 0.6) is 11.5 Å². The summed E-state index contributed by atoms with van der Waals surface area (Å²) in [4.78, 5) is 45.0. The number of carbonyl (C=O) groups excluding carboxylic acids is 3. The minimum Gasteiger partial charge on any atom is -0.494 e. The summed E-state index contributed by atoms with van der Waals surface area (Å²) in [5.41, 5.74) is -0.643. The van der Waals surface area contributed by atoms with Gasteiger partial charge in [0.15, 0.2) is 17.4 Å². The number of nitrogens with one attached hydrogen (secondary N) is 3. The van der Waals surface area contributed by atoms with Crippen molar-refractivity contribution in [2.24, 2.45) is 5.92 Å². The zero-order valence-electron chi connectivity index (χ0n) is 29.1. The normalized spacial score (nSPS) is 23.7. The predicted molar refractivity (Wildman–Crippen MR) is 187 cm³/mol. The molecule has 0 saturated heterocycles. The van der Waals surface area contributed by atoms with Crippen molar-refractivity contribution < 1.29 is 36.7 Å². The lowest BCUT2D eigenvalue weighted by atomic mass is 10.0. The second kappa shape index (κ2) is 15.0. The second-order valence-corrected chi connectivity index (χ2v) is 15.8. The molecule has 3 N–H and O–H groups in total. The van der Waals surface area contributed by atoms with Gasteiger partial charge in [0.1, 0.15) is 22.8 Å². The maximum absolute atomic E-state index is 15.5. The van der Waals surface area contributed by atoms with Crippen LogP contribution in [0.2, 0.25) is 0 Å². The second-order valence-electron chi connectivity index (χ2n) is 13.9. The van der Waals surface area contributed by atoms with Crippen LogP contribution in [-0.2, 0) is 24.4 Å². The highest BCUT2D eigenvalue weighted by Crippen LogP contribution is 2.45. The quantitative estimate of drug-likeness (QED) is 0.258. The third kappa shape index (κ3) is 7.87. The Balaban J connectivity index is 1.25. The third-order valence-corrected chi connectivity index (χ3v) is 11.8. The Bertz CT molecular complexity index is 1940. The molecule has 1 aliphatic heterocycles. The smallest absolute Gasteiger partial charge is 0.259 e. The number of nitrogens with zero attached hydrogens (tertiary/aromatic N) is 3. The fraction of sp³-hybridized carbons (Fsp3) is 0.528. The van der Waals surface area contributed by atoms with Crippen LogP contribution in [-0.4, -0.2) is 71.5 Å². The van der Waals surface area contributed by atoms with E-state index >= 15 is 4.39 Å². The summed E-state index contributed by atoms with van der Waals surface area (Å²) in [6, 6.07) is 5.47. The standard InChI is InChI=1S/C36H45FN6O7S/c1-22(2)26-16-18-43(41-26)30-20-29(25-14-15-28(49-3)32(37)33(25)39-30)50-19-17-27-34(45)40-36(35(46)42-51(47,48)24-11-9-12-24)21-23(36)10-7-5-4-6-8-13-31(44)38-27/h7,10,14-16,18,20,22-24,27H,4-6,8-9,11-13,17,19,21H2,1-3H3,(H,38,44)(H,40,45)(H,42,46)/b10-7-/t23-,27+,36-/m1/s1. The van der Waals surface area contributed by atoms with Gasteiger partial charge in [-0.3, -0.25) is 19.1 Å². The monoisotopic (exact) mass is 724 g/mol. The molecule has 2 aromatic heterocycles. The number of benzene rings is 1. The molecular formula is C36H45FN6O7S. The predicted octanol–water partition coefficient (Wildman–Crippen LogP) is 4.34. The Morgan fingerprint density at radius 2 is 1.94 bits per heavy atom. The molecule has 6 rings (SSSR count). The summed E-state index contributed by atoms with van der Waals surface area (Å²) in [6.07, 6.45) is 10.7. The number of carbonyl (C=O) groups is 3. The van der Waals surface area contributed by atoms with Crippen LogP contribution >= 0.6 is 0 Å². The van der Waals surface area contributed by atoms with Gasteiger partial charge in [-0.15, -0.1) is 0 Å². The molecule has 15 heteroatoms. The van der Waals surface area contributed by atoms with Gasteiger partial charge in [-0.2, -0.15) is 5.10 Å². The minimum atomic E-state index is -3.89. The van der Waals surface area contributed by atoms with Crippen molar-refractivity contribution in [3.05, 3.63) is 54.1 Å². The van der Waals surface area contributed by atoms with Gasteiger partial charge < -0.3 is 20.1 Å². The molecule has 51 heavy (non-hydrogen) atoms. The number of ether oxygens (including phenoxy) is 2. The number of aromatic nitrogens is 3. The van der Waals surface area contributed by atoms with E-state index in [-0.39, 0.29) is 54.7 Å². The van der Waals surface area contributed by atoms with Crippen LogP contribution in [0.4, 0.5) is 4.39 Å². The van der Waals surface area contributed by atoms with E-state index in [1.807, 2.05) is 32.1 Å². The number of fused-ring (bicyclic) bond motifs is 2. The largest absolute Gasteiger partial charge is 0.494 e. The first kappa shape index (κ1) is 36.3. The first-order chi connectivity index (χ1) is 24.4. The lowest BCUT2D eigenvalue weighted by Crippen LogP contribution is -2.58. The number of pyridine rings is 1.